The highest BCUT2D eigenvalue weighted by Crippen LogP contribution is 2.22. The molecule has 17 heavy (non-hydrogen) atoms. The third-order valence-corrected chi connectivity index (χ3v) is 3.61. The first-order valence-electron chi connectivity index (χ1n) is 5.70. The number of carbonyl (C=O) groups excluding carboxylic acids is 1. The molecule has 0 heterocycles. The standard InChI is InChI=1S/C12H23NO3S/c1-9(6-7-17-5)13(4)10(14)8-12(2,3)11(15)16/h9H,6-8H2,1-5H3,(H,15,16). The molecule has 1 unspecified atom stereocenters. The molecular formula is C12H23NO3S. The van der Waals surface area contributed by atoms with E-state index in [4.69, 9.17) is 5.11 Å². The van der Waals surface area contributed by atoms with Gasteiger partial charge in [0.15, 0.2) is 0 Å². The van der Waals surface area contributed by atoms with E-state index in [1.54, 1.807) is 37.6 Å². The Morgan fingerprint density at radius 3 is 2.35 bits per heavy atom. The summed E-state index contributed by atoms with van der Waals surface area (Å²) in [6.45, 7) is 5.14. The molecule has 0 saturated carbocycles. The normalized spacial score (nSPS) is 13.2. The summed E-state index contributed by atoms with van der Waals surface area (Å²) in [6.07, 6.45) is 3.00. The molecule has 1 atom stereocenters. The van der Waals surface area contributed by atoms with Crippen LogP contribution in [0.25, 0.3) is 0 Å². The third kappa shape index (κ3) is 5.44. The summed E-state index contributed by atoms with van der Waals surface area (Å²) in [5, 5.41) is 8.98. The first-order chi connectivity index (χ1) is 7.72. The zero-order valence-corrected chi connectivity index (χ0v) is 12.1. The zero-order chi connectivity index (χ0) is 13.6. The van der Waals surface area contributed by atoms with Crippen LogP contribution in [0.2, 0.25) is 0 Å². The second-order valence-electron chi connectivity index (χ2n) is 5.00. The van der Waals surface area contributed by atoms with Gasteiger partial charge in [-0.3, -0.25) is 9.59 Å². The van der Waals surface area contributed by atoms with Gasteiger partial charge >= 0.3 is 5.97 Å². The Kier molecular flexibility index (Phi) is 6.60. The average Bonchev–Trinajstić information content (AvgIpc) is 2.23. The molecule has 0 aromatic rings. The fourth-order valence-corrected chi connectivity index (χ4v) is 1.88. The number of hydrogen-bond acceptors (Lipinski definition) is 3. The van der Waals surface area contributed by atoms with E-state index in [-0.39, 0.29) is 18.4 Å². The van der Waals surface area contributed by atoms with Crippen molar-refractivity contribution in [1.82, 2.24) is 4.90 Å². The minimum Gasteiger partial charge on any atom is -0.481 e. The van der Waals surface area contributed by atoms with Crippen molar-refractivity contribution in [3.05, 3.63) is 0 Å². The van der Waals surface area contributed by atoms with E-state index in [0.717, 1.165) is 12.2 Å². The van der Waals surface area contributed by atoms with Crippen molar-refractivity contribution < 1.29 is 14.7 Å². The van der Waals surface area contributed by atoms with Crippen LogP contribution in [0, 0.1) is 5.41 Å². The van der Waals surface area contributed by atoms with Gasteiger partial charge in [-0.25, -0.2) is 0 Å². The molecule has 0 bridgehead atoms. The molecule has 0 aliphatic heterocycles. The van der Waals surface area contributed by atoms with Crippen molar-refractivity contribution >= 4 is 23.6 Å². The highest BCUT2D eigenvalue weighted by molar-refractivity contribution is 7.98. The number of hydrogen-bond donors (Lipinski definition) is 1. The Morgan fingerprint density at radius 2 is 1.94 bits per heavy atom. The number of rotatable bonds is 7. The number of thioether (sulfide) groups is 1. The summed E-state index contributed by atoms with van der Waals surface area (Å²) >= 11 is 1.75. The topological polar surface area (TPSA) is 57.6 Å². The van der Waals surface area contributed by atoms with Gasteiger partial charge < -0.3 is 10.0 Å². The van der Waals surface area contributed by atoms with Gasteiger partial charge in [0.05, 0.1) is 5.41 Å². The number of nitrogens with zero attached hydrogens (tertiary/aromatic N) is 1. The molecule has 0 aliphatic carbocycles. The summed E-state index contributed by atoms with van der Waals surface area (Å²) in [4.78, 5) is 24.5. The van der Waals surface area contributed by atoms with Gasteiger partial charge in [-0.1, -0.05) is 0 Å². The van der Waals surface area contributed by atoms with Crippen LogP contribution >= 0.6 is 11.8 Å². The van der Waals surface area contributed by atoms with Crippen LogP contribution in [-0.4, -0.2) is 47.0 Å². The number of amides is 1. The second-order valence-corrected chi connectivity index (χ2v) is 5.99. The van der Waals surface area contributed by atoms with Crippen LogP contribution < -0.4 is 0 Å². The monoisotopic (exact) mass is 261 g/mol. The lowest BCUT2D eigenvalue weighted by Crippen LogP contribution is -2.39. The van der Waals surface area contributed by atoms with E-state index in [1.165, 1.54) is 0 Å². The van der Waals surface area contributed by atoms with E-state index in [1.807, 2.05) is 13.2 Å². The number of carboxylic acid groups (broad SMARTS) is 1. The van der Waals surface area contributed by atoms with Crippen molar-refractivity contribution in [2.75, 3.05) is 19.1 Å². The lowest BCUT2D eigenvalue weighted by Gasteiger charge is -2.28. The van der Waals surface area contributed by atoms with Crippen molar-refractivity contribution in [2.45, 2.75) is 39.7 Å². The highest BCUT2D eigenvalue weighted by Gasteiger charge is 2.32. The molecule has 0 aromatic heterocycles. The molecule has 0 aliphatic rings. The summed E-state index contributed by atoms with van der Waals surface area (Å²) in [5.74, 6) is -0.0387. The van der Waals surface area contributed by atoms with Gasteiger partial charge in [-0.05, 0) is 39.2 Å². The summed E-state index contributed by atoms with van der Waals surface area (Å²) in [6, 6.07) is 0.152. The molecule has 0 rings (SSSR count). The smallest absolute Gasteiger partial charge is 0.309 e. The highest BCUT2D eigenvalue weighted by atomic mass is 32.2. The molecule has 1 N–H and O–H groups in total. The van der Waals surface area contributed by atoms with Crippen molar-refractivity contribution in [2.24, 2.45) is 5.41 Å². The molecule has 1 amide bonds. The van der Waals surface area contributed by atoms with E-state index in [0.29, 0.717) is 0 Å². The average molecular weight is 261 g/mol. The Bertz CT molecular complexity index is 279. The largest absolute Gasteiger partial charge is 0.481 e. The first kappa shape index (κ1) is 16.3. The maximum absolute atomic E-state index is 11.9. The SMILES string of the molecule is CSCCC(C)N(C)C(=O)CC(C)(C)C(=O)O. The molecule has 0 aromatic carbocycles. The molecule has 4 nitrogen and oxygen atoms in total. The Labute approximate surface area is 108 Å². The maximum atomic E-state index is 11.9. The number of carbonyl (C=O) groups is 2. The van der Waals surface area contributed by atoms with Crippen molar-refractivity contribution in [1.29, 1.82) is 0 Å². The predicted molar refractivity (Wildman–Crippen MR) is 71.3 cm³/mol. The summed E-state index contributed by atoms with van der Waals surface area (Å²) < 4.78 is 0. The lowest BCUT2D eigenvalue weighted by molar-refractivity contribution is -0.151. The van der Waals surface area contributed by atoms with Crippen LogP contribution in [0.3, 0.4) is 0 Å². The molecule has 0 radical (unpaired) electrons. The third-order valence-electron chi connectivity index (χ3n) is 2.97. The Balaban J connectivity index is 4.36. The zero-order valence-electron chi connectivity index (χ0n) is 11.3. The predicted octanol–water partition coefficient (Wildman–Crippen LogP) is 2.09. The molecule has 0 spiro atoms. The van der Waals surface area contributed by atoms with Crippen LogP contribution in [-0.2, 0) is 9.59 Å². The van der Waals surface area contributed by atoms with Gasteiger partial charge in [0.25, 0.3) is 0 Å². The molecule has 0 fully saturated rings. The fraction of sp³-hybridized carbons (Fsp3) is 0.833. The fourth-order valence-electron chi connectivity index (χ4n) is 1.31. The summed E-state index contributed by atoms with van der Waals surface area (Å²) in [7, 11) is 1.74. The van der Waals surface area contributed by atoms with Gasteiger partial charge in [-0.15, -0.1) is 0 Å². The van der Waals surface area contributed by atoms with Crippen molar-refractivity contribution in [3.63, 3.8) is 0 Å². The number of aliphatic carboxylic acids is 1. The van der Waals surface area contributed by atoms with Gasteiger partial charge in [0.1, 0.15) is 0 Å². The molecular weight excluding hydrogens is 238 g/mol. The van der Waals surface area contributed by atoms with Crippen LogP contribution in [0.5, 0.6) is 0 Å². The second kappa shape index (κ2) is 6.89. The van der Waals surface area contributed by atoms with Gasteiger partial charge in [0, 0.05) is 19.5 Å². The summed E-state index contributed by atoms with van der Waals surface area (Å²) in [5.41, 5.74) is -0.995. The molecule has 100 valence electrons. The van der Waals surface area contributed by atoms with Crippen LogP contribution in [0.1, 0.15) is 33.6 Å². The lowest BCUT2D eigenvalue weighted by atomic mass is 9.89. The minimum atomic E-state index is -0.995. The first-order valence-corrected chi connectivity index (χ1v) is 7.09. The molecule has 5 heteroatoms. The minimum absolute atomic E-state index is 0.0441. The van der Waals surface area contributed by atoms with Crippen LogP contribution in [0.4, 0.5) is 0 Å². The maximum Gasteiger partial charge on any atom is 0.309 e. The van der Waals surface area contributed by atoms with E-state index in [9.17, 15) is 9.59 Å². The molecule has 0 saturated heterocycles. The van der Waals surface area contributed by atoms with E-state index in [2.05, 4.69) is 0 Å². The Morgan fingerprint density at radius 1 is 1.41 bits per heavy atom. The van der Waals surface area contributed by atoms with Crippen molar-refractivity contribution in [3.8, 4) is 0 Å². The number of carboxylic acids is 1. The quantitative estimate of drug-likeness (QED) is 0.762. The van der Waals surface area contributed by atoms with Crippen LogP contribution in [0.15, 0.2) is 0 Å². The van der Waals surface area contributed by atoms with E-state index < -0.39 is 11.4 Å². The van der Waals surface area contributed by atoms with Gasteiger partial charge in [0.2, 0.25) is 5.91 Å². The Hall–Kier alpha value is -0.710. The van der Waals surface area contributed by atoms with Gasteiger partial charge in [-0.2, -0.15) is 11.8 Å². The van der Waals surface area contributed by atoms with E-state index >= 15 is 0 Å².